The van der Waals surface area contributed by atoms with Crippen molar-refractivity contribution in [2.24, 2.45) is 0 Å². The van der Waals surface area contributed by atoms with Crippen molar-refractivity contribution in [2.45, 2.75) is 13.5 Å². The topological polar surface area (TPSA) is 4.93 Å². The number of nitrogens with zero attached hydrogens (tertiary/aromatic N) is 1. The van der Waals surface area contributed by atoms with Gasteiger partial charge in [-0.2, -0.15) is 0 Å². The highest BCUT2D eigenvalue weighted by Gasteiger charge is 2.10. The molecule has 2 aromatic rings. The van der Waals surface area contributed by atoms with Gasteiger partial charge in [0, 0.05) is 23.3 Å². The van der Waals surface area contributed by atoms with Gasteiger partial charge in [-0.15, -0.1) is 6.58 Å². The van der Waals surface area contributed by atoms with Gasteiger partial charge in [0.2, 0.25) is 0 Å². The van der Waals surface area contributed by atoms with Gasteiger partial charge in [-0.25, -0.2) is 0 Å². The molecule has 0 N–H and O–H groups in total. The molecule has 16 heavy (non-hydrogen) atoms. The number of hydrogen-bond acceptors (Lipinski definition) is 0. The summed E-state index contributed by atoms with van der Waals surface area (Å²) < 4.78 is 2.16. The molecule has 0 aliphatic heterocycles. The number of hydrogen-bond donors (Lipinski definition) is 0. The summed E-state index contributed by atoms with van der Waals surface area (Å²) >= 11 is 6.22. The van der Waals surface area contributed by atoms with Crippen molar-refractivity contribution in [3.05, 3.63) is 59.8 Å². The molecule has 0 aliphatic rings. The zero-order chi connectivity index (χ0) is 11.5. The van der Waals surface area contributed by atoms with Crippen LogP contribution in [0, 0.1) is 6.92 Å². The van der Waals surface area contributed by atoms with Gasteiger partial charge in [-0.1, -0.05) is 35.9 Å². The summed E-state index contributed by atoms with van der Waals surface area (Å²) in [5.41, 5.74) is 3.48. The van der Waals surface area contributed by atoms with Crippen LogP contribution in [0.25, 0.3) is 11.3 Å². The van der Waals surface area contributed by atoms with Crippen LogP contribution in [0.3, 0.4) is 0 Å². The molecule has 1 heterocycles. The number of aromatic nitrogens is 1. The van der Waals surface area contributed by atoms with Crippen LogP contribution in [0.1, 0.15) is 5.56 Å². The molecule has 0 unspecified atom stereocenters. The summed E-state index contributed by atoms with van der Waals surface area (Å²) in [5.74, 6) is 0. The maximum absolute atomic E-state index is 6.22. The van der Waals surface area contributed by atoms with Crippen molar-refractivity contribution in [1.82, 2.24) is 4.57 Å². The fraction of sp³-hybridized carbons (Fsp3) is 0.143. The maximum atomic E-state index is 6.22. The summed E-state index contributed by atoms with van der Waals surface area (Å²) in [6.45, 7) is 6.66. The largest absolute Gasteiger partial charge is 0.343 e. The SMILES string of the molecule is C=CCn1ccc(C)c1-c1ccccc1Cl. The standard InChI is InChI=1S/C14H14ClN/c1-3-9-16-10-8-11(2)14(16)12-6-4-5-7-13(12)15/h3-8,10H,1,9H2,2H3. The van der Waals surface area contributed by atoms with E-state index in [0.29, 0.717) is 0 Å². The van der Waals surface area contributed by atoms with Crippen molar-refractivity contribution in [3.63, 3.8) is 0 Å². The summed E-state index contributed by atoms with van der Waals surface area (Å²) in [4.78, 5) is 0. The number of rotatable bonds is 3. The Morgan fingerprint density at radius 3 is 2.75 bits per heavy atom. The average molecular weight is 232 g/mol. The number of benzene rings is 1. The molecule has 1 aromatic carbocycles. The molecule has 0 amide bonds. The van der Waals surface area contributed by atoms with Gasteiger partial charge >= 0.3 is 0 Å². The lowest BCUT2D eigenvalue weighted by atomic mass is 10.1. The molecule has 0 atom stereocenters. The number of allylic oxidation sites excluding steroid dienone is 1. The Balaban J connectivity index is 2.59. The Labute approximate surface area is 101 Å². The van der Waals surface area contributed by atoms with Crippen LogP contribution in [0.2, 0.25) is 5.02 Å². The van der Waals surface area contributed by atoms with Crippen LogP contribution >= 0.6 is 11.6 Å². The molecule has 0 radical (unpaired) electrons. The molecular formula is C14H14ClN. The molecule has 0 fully saturated rings. The third kappa shape index (κ3) is 1.91. The Morgan fingerprint density at radius 1 is 1.31 bits per heavy atom. The Morgan fingerprint density at radius 2 is 2.06 bits per heavy atom. The predicted octanol–water partition coefficient (Wildman–Crippen LogP) is 4.30. The van der Waals surface area contributed by atoms with Crippen molar-refractivity contribution < 1.29 is 0 Å². The Kier molecular flexibility index (Phi) is 3.16. The van der Waals surface area contributed by atoms with Crippen LogP contribution < -0.4 is 0 Å². The molecule has 2 heteroatoms. The molecule has 1 aromatic heterocycles. The summed E-state index contributed by atoms with van der Waals surface area (Å²) in [5, 5.41) is 0.787. The van der Waals surface area contributed by atoms with E-state index in [4.69, 9.17) is 11.6 Å². The number of aryl methyl sites for hydroxylation is 1. The van der Waals surface area contributed by atoms with E-state index in [9.17, 15) is 0 Å². The first-order chi connectivity index (χ1) is 7.74. The second-order valence-electron chi connectivity index (χ2n) is 3.77. The third-order valence-electron chi connectivity index (χ3n) is 2.62. The fourth-order valence-electron chi connectivity index (χ4n) is 1.89. The summed E-state index contributed by atoms with van der Waals surface area (Å²) in [6.07, 6.45) is 3.95. The highest BCUT2D eigenvalue weighted by molar-refractivity contribution is 6.33. The second-order valence-corrected chi connectivity index (χ2v) is 4.18. The zero-order valence-electron chi connectivity index (χ0n) is 9.28. The first kappa shape index (κ1) is 11.0. The first-order valence-corrected chi connectivity index (χ1v) is 5.63. The van der Waals surface area contributed by atoms with Crippen molar-refractivity contribution in [3.8, 4) is 11.3 Å². The third-order valence-corrected chi connectivity index (χ3v) is 2.95. The summed E-state index contributed by atoms with van der Waals surface area (Å²) in [7, 11) is 0. The van der Waals surface area contributed by atoms with E-state index in [2.05, 4.69) is 30.3 Å². The van der Waals surface area contributed by atoms with Gasteiger partial charge < -0.3 is 4.57 Å². The highest BCUT2D eigenvalue weighted by Crippen LogP contribution is 2.30. The summed E-state index contributed by atoms with van der Waals surface area (Å²) in [6, 6.07) is 10.0. The first-order valence-electron chi connectivity index (χ1n) is 5.25. The smallest absolute Gasteiger partial charge is 0.0527 e. The normalized spacial score (nSPS) is 10.4. The van der Waals surface area contributed by atoms with E-state index < -0.39 is 0 Å². The van der Waals surface area contributed by atoms with Gasteiger partial charge in [-0.05, 0) is 24.6 Å². The van der Waals surface area contributed by atoms with Gasteiger partial charge in [0.05, 0.1) is 5.69 Å². The van der Waals surface area contributed by atoms with Crippen LogP contribution in [0.15, 0.2) is 49.2 Å². The fourth-order valence-corrected chi connectivity index (χ4v) is 2.12. The lowest BCUT2D eigenvalue weighted by molar-refractivity contribution is 0.839. The van der Waals surface area contributed by atoms with Crippen LogP contribution in [0.5, 0.6) is 0 Å². The minimum atomic E-state index is 0.787. The van der Waals surface area contributed by atoms with Crippen LogP contribution in [0.4, 0.5) is 0 Å². The minimum absolute atomic E-state index is 0.787. The molecular weight excluding hydrogens is 218 g/mol. The van der Waals surface area contributed by atoms with Crippen LogP contribution in [-0.4, -0.2) is 4.57 Å². The van der Waals surface area contributed by atoms with Crippen molar-refractivity contribution in [2.75, 3.05) is 0 Å². The van der Waals surface area contributed by atoms with E-state index in [1.807, 2.05) is 30.3 Å². The van der Waals surface area contributed by atoms with E-state index in [1.54, 1.807) is 0 Å². The zero-order valence-corrected chi connectivity index (χ0v) is 10.0. The lowest BCUT2D eigenvalue weighted by Crippen LogP contribution is -1.97. The van der Waals surface area contributed by atoms with Gasteiger partial charge in [0.15, 0.2) is 0 Å². The number of halogens is 1. The average Bonchev–Trinajstić information content (AvgIpc) is 2.62. The molecule has 0 aliphatic carbocycles. The predicted molar refractivity (Wildman–Crippen MR) is 69.8 cm³/mol. The van der Waals surface area contributed by atoms with E-state index in [-0.39, 0.29) is 0 Å². The molecule has 0 bridgehead atoms. The van der Waals surface area contributed by atoms with E-state index in [1.165, 1.54) is 11.3 Å². The molecule has 0 saturated carbocycles. The van der Waals surface area contributed by atoms with Crippen LogP contribution in [-0.2, 0) is 6.54 Å². The second kappa shape index (κ2) is 4.58. The molecule has 82 valence electrons. The van der Waals surface area contributed by atoms with E-state index in [0.717, 1.165) is 17.1 Å². The molecule has 0 saturated heterocycles. The van der Waals surface area contributed by atoms with E-state index >= 15 is 0 Å². The quantitative estimate of drug-likeness (QED) is 0.694. The lowest BCUT2D eigenvalue weighted by Gasteiger charge is -2.10. The Hall–Kier alpha value is -1.47. The van der Waals surface area contributed by atoms with Gasteiger partial charge in [0.25, 0.3) is 0 Å². The minimum Gasteiger partial charge on any atom is -0.343 e. The highest BCUT2D eigenvalue weighted by atomic mass is 35.5. The molecule has 0 spiro atoms. The monoisotopic (exact) mass is 231 g/mol. The van der Waals surface area contributed by atoms with Crippen molar-refractivity contribution >= 4 is 11.6 Å². The molecule has 2 rings (SSSR count). The van der Waals surface area contributed by atoms with Gasteiger partial charge in [-0.3, -0.25) is 0 Å². The van der Waals surface area contributed by atoms with Gasteiger partial charge in [0.1, 0.15) is 0 Å². The van der Waals surface area contributed by atoms with Crippen molar-refractivity contribution in [1.29, 1.82) is 0 Å². The maximum Gasteiger partial charge on any atom is 0.0527 e. The Bertz CT molecular complexity index is 511. The molecule has 1 nitrogen and oxygen atoms in total.